The minimum absolute atomic E-state index is 0.0197. The van der Waals surface area contributed by atoms with Crippen LogP contribution in [0.5, 0.6) is 5.75 Å². The Bertz CT molecular complexity index is 1530. The number of carbonyl (C=O) groups is 2. The third kappa shape index (κ3) is 7.40. The second-order valence-electron chi connectivity index (χ2n) is 10.6. The Morgan fingerprint density at radius 2 is 1.81 bits per heavy atom. The molecule has 12 heteroatoms. The standard InChI is InChI=1S/C30H34ClN3O7S/c1-19-15-34(20(2)18-35)29(36)26-14-24(32-42(39,40)25-11-8-23(31)9-12-25)10-13-27(26)41-28(19)17-33(3)16-21-4-6-22(7-5-21)30(37)38/h4-14,19-20,28,32,35H,15-18H2,1-3H3,(H,37,38)/t19-,20-,28+/m1/s1. The summed E-state index contributed by atoms with van der Waals surface area (Å²) in [6, 6.07) is 16.5. The van der Waals surface area contributed by atoms with E-state index in [1.54, 1.807) is 42.2 Å². The Hall–Kier alpha value is -3.64. The van der Waals surface area contributed by atoms with E-state index >= 15 is 0 Å². The SMILES string of the molecule is C[C@@H]1CN([C@H](C)CO)C(=O)c2cc(NS(=O)(=O)c3ccc(Cl)cc3)ccc2O[C@H]1CN(C)Cc1ccc(C(=O)O)cc1. The fourth-order valence-corrected chi connectivity index (χ4v) is 5.94. The van der Waals surface area contributed by atoms with Gasteiger partial charge in [0.1, 0.15) is 11.9 Å². The average Bonchev–Trinajstić information content (AvgIpc) is 2.95. The van der Waals surface area contributed by atoms with Gasteiger partial charge in [-0.05, 0) is 74.1 Å². The molecule has 3 atom stereocenters. The number of aliphatic hydroxyl groups is 1. The topological polar surface area (TPSA) is 136 Å². The van der Waals surface area contributed by atoms with E-state index in [-0.39, 0.29) is 46.2 Å². The van der Waals surface area contributed by atoms with Gasteiger partial charge in [-0.25, -0.2) is 13.2 Å². The molecular formula is C30H34ClN3O7S. The van der Waals surface area contributed by atoms with Crippen LogP contribution in [-0.2, 0) is 16.6 Å². The summed E-state index contributed by atoms with van der Waals surface area (Å²) in [5, 5.41) is 19.5. The number of anilines is 1. The summed E-state index contributed by atoms with van der Waals surface area (Å²) in [6.07, 6.45) is -0.356. The van der Waals surface area contributed by atoms with Gasteiger partial charge in [0.05, 0.1) is 28.7 Å². The fourth-order valence-electron chi connectivity index (χ4n) is 4.77. The molecule has 3 aromatic rings. The molecule has 0 saturated carbocycles. The van der Waals surface area contributed by atoms with Gasteiger partial charge < -0.3 is 19.8 Å². The molecule has 0 saturated heterocycles. The number of benzene rings is 3. The largest absolute Gasteiger partial charge is 0.488 e. The number of ether oxygens (including phenoxy) is 1. The number of carboxylic acids is 1. The van der Waals surface area contributed by atoms with Gasteiger partial charge in [0.25, 0.3) is 15.9 Å². The number of likely N-dealkylation sites (N-methyl/N-ethyl adjacent to an activating group) is 1. The van der Waals surface area contributed by atoms with E-state index in [1.165, 1.54) is 36.4 Å². The summed E-state index contributed by atoms with van der Waals surface area (Å²) < 4.78 is 34.9. The number of carboxylic acid groups (broad SMARTS) is 1. The lowest BCUT2D eigenvalue weighted by Crippen LogP contribution is -2.49. The number of halogens is 1. The summed E-state index contributed by atoms with van der Waals surface area (Å²) in [5.74, 6) is -1.17. The van der Waals surface area contributed by atoms with E-state index in [0.29, 0.717) is 30.4 Å². The number of nitrogens with zero attached hydrogens (tertiary/aromatic N) is 2. The monoisotopic (exact) mass is 615 g/mol. The van der Waals surface area contributed by atoms with Crippen LogP contribution in [-0.4, -0.2) is 79.2 Å². The average molecular weight is 616 g/mol. The molecule has 0 aromatic heterocycles. The molecule has 224 valence electrons. The van der Waals surface area contributed by atoms with Gasteiger partial charge in [-0.1, -0.05) is 30.7 Å². The molecule has 3 N–H and O–H groups in total. The molecule has 4 rings (SSSR count). The highest BCUT2D eigenvalue weighted by Gasteiger charge is 2.33. The van der Waals surface area contributed by atoms with Crippen LogP contribution >= 0.6 is 11.6 Å². The highest BCUT2D eigenvalue weighted by atomic mass is 35.5. The molecule has 0 unspecified atom stereocenters. The molecule has 1 aliphatic rings. The maximum absolute atomic E-state index is 13.7. The molecule has 3 aromatic carbocycles. The van der Waals surface area contributed by atoms with Crippen molar-refractivity contribution in [2.24, 2.45) is 5.92 Å². The Kier molecular flexibility index (Phi) is 9.78. The zero-order valence-electron chi connectivity index (χ0n) is 23.5. The van der Waals surface area contributed by atoms with E-state index in [0.717, 1.165) is 5.56 Å². The number of hydrogen-bond donors (Lipinski definition) is 3. The van der Waals surface area contributed by atoms with Crippen LogP contribution in [0.2, 0.25) is 5.02 Å². The number of carbonyl (C=O) groups excluding carboxylic acids is 1. The summed E-state index contributed by atoms with van der Waals surface area (Å²) in [6.45, 7) is 4.83. The Morgan fingerprint density at radius 1 is 1.14 bits per heavy atom. The first kappa shape index (κ1) is 31.3. The van der Waals surface area contributed by atoms with Crippen molar-refractivity contribution in [1.82, 2.24) is 9.80 Å². The summed E-state index contributed by atoms with van der Waals surface area (Å²) in [4.78, 5) is 28.5. The second kappa shape index (κ2) is 13.1. The number of nitrogens with one attached hydrogen (secondary N) is 1. The summed E-state index contributed by atoms with van der Waals surface area (Å²) in [5.41, 5.74) is 1.51. The molecule has 0 fully saturated rings. The second-order valence-corrected chi connectivity index (χ2v) is 12.7. The van der Waals surface area contributed by atoms with Crippen molar-refractivity contribution < 1.29 is 33.0 Å². The van der Waals surface area contributed by atoms with E-state index in [9.17, 15) is 23.1 Å². The molecule has 1 heterocycles. The number of aromatic carboxylic acids is 1. The maximum Gasteiger partial charge on any atom is 0.335 e. The molecule has 0 bridgehead atoms. The lowest BCUT2D eigenvalue weighted by Gasteiger charge is -2.38. The molecular weight excluding hydrogens is 582 g/mol. The minimum Gasteiger partial charge on any atom is -0.488 e. The lowest BCUT2D eigenvalue weighted by molar-refractivity contribution is 0.0341. The van der Waals surface area contributed by atoms with Crippen molar-refractivity contribution in [3.05, 3.63) is 88.4 Å². The first-order valence-corrected chi connectivity index (χ1v) is 15.3. The molecule has 1 aliphatic heterocycles. The van der Waals surface area contributed by atoms with Crippen LogP contribution in [0.4, 0.5) is 5.69 Å². The number of aliphatic hydroxyl groups excluding tert-OH is 1. The van der Waals surface area contributed by atoms with Crippen molar-refractivity contribution >= 4 is 39.2 Å². The molecule has 0 radical (unpaired) electrons. The van der Waals surface area contributed by atoms with Crippen LogP contribution in [0.25, 0.3) is 0 Å². The Balaban J connectivity index is 1.60. The van der Waals surface area contributed by atoms with Crippen molar-refractivity contribution in [3.63, 3.8) is 0 Å². The van der Waals surface area contributed by atoms with Crippen LogP contribution in [0.15, 0.2) is 71.6 Å². The molecule has 0 spiro atoms. The quantitative estimate of drug-likeness (QED) is 0.309. The van der Waals surface area contributed by atoms with Crippen LogP contribution in [0.3, 0.4) is 0 Å². The fraction of sp³-hybridized carbons (Fsp3) is 0.333. The lowest BCUT2D eigenvalue weighted by atomic mass is 9.99. The zero-order valence-corrected chi connectivity index (χ0v) is 25.1. The van der Waals surface area contributed by atoms with Gasteiger partial charge in [0, 0.05) is 36.3 Å². The summed E-state index contributed by atoms with van der Waals surface area (Å²) >= 11 is 5.90. The zero-order chi connectivity index (χ0) is 30.6. The Labute approximate surface area is 250 Å². The van der Waals surface area contributed by atoms with E-state index < -0.39 is 22.0 Å². The van der Waals surface area contributed by atoms with Gasteiger partial charge in [0.15, 0.2) is 0 Å². The van der Waals surface area contributed by atoms with Crippen molar-refractivity contribution in [1.29, 1.82) is 0 Å². The smallest absolute Gasteiger partial charge is 0.335 e. The van der Waals surface area contributed by atoms with Gasteiger partial charge in [-0.3, -0.25) is 14.4 Å². The van der Waals surface area contributed by atoms with Crippen LogP contribution in [0, 0.1) is 5.92 Å². The maximum atomic E-state index is 13.7. The van der Waals surface area contributed by atoms with E-state index in [4.69, 9.17) is 21.4 Å². The minimum atomic E-state index is -3.95. The highest BCUT2D eigenvalue weighted by Crippen LogP contribution is 2.31. The molecule has 10 nitrogen and oxygen atoms in total. The van der Waals surface area contributed by atoms with E-state index in [2.05, 4.69) is 9.62 Å². The van der Waals surface area contributed by atoms with Crippen LogP contribution < -0.4 is 9.46 Å². The predicted molar refractivity (Wildman–Crippen MR) is 160 cm³/mol. The normalized spacial score (nSPS) is 18.0. The molecule has 0 aliphatic carbocycles. The van der Waals surface area contributed by atoms with E-state index in [1.807, 2.05) is 14.0 Å². The number of fused-ring (bicyclic) bond motifs is 1. The number of hydrogen-bond acceptors (Lipinski definition) is 7. The first-order valence-electron chi connectivity index (χ1n) is 13.4. The van der Waals surface area contributed by atoms with Crippen molar-refractivity contribution in [3.8, 4) is 5.75 Å². The molecule has 42 heavy (non-hydrogen) atoms. The van der Waals surface area contributed by atoms with Crippen molar-refractivity contribution in [2.75, 3.05) is 31.5 Å². The van der Waals surface area contributed by atoms with Crippen LogP contribution in [0.1, 0.15) is 40.1 Å². The van der Waals surface area contributed by atoms with Crippen molar-refractivity contribution in [2.45, 2.75) is 37.4 Å². The summed E-state index contributed by atoms with van der Waals surface area (Å²) in [7, 11) is -2.03. The first-order chi connectivity index (χ1) is 19.9. The third-order valence-corrected chi connectivity index (χ3v) is 8.84. The van der Waals surface area contributed by atoms with Gasteiger partial charge in [0.2, 0.25) is 0 Å². The van der Waals surface area contributed by atoms with Gasteiger partial charge in [-0.15, -0.1) is 0 Å². The number of amides is 1. The van der Waals surface area contributed by atoms with Gasteiger partial charge in [-0.2, -0.15) is 0 Å². The van der Waals surface area contributed by atoms with Gasteiger partial charge >= 0.3 is 5.97 Å². The number of rotatable bonds is 10. The molecule has 1 amide bonds. The number of sulfonamides is 1. The highest BCUT2D eigenvalue weighted by molar-refractivity contribution is 7.92. The third-order valence-electron chi connectivity index (χ3n) is 7.19. The predicted octanol–water partition coefficient (Wildman–Crippen LogP) is 4.19. The Morgan fingerprint density at radius 3 is 2.43 bits per heavy atom.